The number of carbonyl (C=O) groups is 1. The first-order valence-electron chi connectivity index (χ1n) is 4.84. The lowest BCUT2D eigenvalue weighted by atomic mass is 10.3. The monoisotopic (exact) mass is 369 g/mol. The third-order valence-electron chi connectivity index (χ3n) is 1.96. The molecule has 0 unspecified atom stereocenters. The number of ether oxygens (including phenoxy) is 1. The Bertz CT molecular complexity index is 335. The van der Waals surface area contributed by atoms with Gasteiger partial charge < -0.3 is 10.1 Å². The van der Waals surface area contributed by atoms with Crippen molar-refractivity contribution in [3.63, 3.8) is 0 Å². The molecule has 0 saturated carbocycles. The summed E-state index contributed by atoms with van der Waals surface area (Å²) in [7, 11) is 1.41. The van der Waals surface area contributed by atoms with E-state index in [0.29, 0.717) is 6.42 Å². The fraction of sp³-hybridized carbons (Fsp3) is 0.500. The largest absolute Gasteiger partial charge is 0.469 e. The van der Waals surface area contributed by atoms with Crippen molar-refractivity contribution in [1.29, 1.82) is 0 Å². The smallest absolute Gasteiger partial charge is 0.305 e. The van der Waals surface area contributed by atoms with Crippen molar-refractivity contribution in [2.45, 2.75) is 19.4 Å². The van der Waals surface area contributed by atoms with Crippen molar-refractivity contribution in [1.82, 2.24) is 5.32 Å². The third-order valence-corrected chi connectivity index (χ3v) is 5.21. The second-order valence-corrected chi connectivity index (χ2v) is 6.50. The molecule has 0 radical (unpaired) electrons. The van der Waals surface area contributed by atoms with Gasteiger partial charge in [0.1, 0.15) is 0 Å². The summed E-state index contributed by atoms with van der Waals surface area (Å²) in [4.78, 5) is 12.1. The molecule has 0 aliphatic rings. The number of halogens is 2. The molecule has 1 N–H and O–H groups in total. The molecule has 1 heterocycles. The Morgan fingerprint density at radius 3 is 2.88 bits per heavy atom. The molecule has 3 nitrogen and oxygen atoms in total. The number of hydrogen-bond donors (Lipinski definition) is 1. The molecule has 16 heavy (non-hydrogen) atoms. The van der Waals surface area contributed by atoms with Crippen molar-refractivity contribution in [3.8, 4) is 0 Å². The summed E-state index contributed by atoms with van der Waals surface area (Å²) in [6.45, 7) is 1.65. The van der Waals surface area contributed by atoms with Crippen LogP contribution in [0.15, 0.2) is 14.3 Å². The molecule has 0 atom stereocenters. The summed E-state index contributed by atoms with van der Waals surface area (Å²) >= 11 is 8.59. The molecule has 90 valence electrons. The van der Waals surface area contributed by atoms with Crippen molar-refractivity contribution in [3.05, 3.63) is 19.2 Å². The van der Waals surface area contributed by atoms with E-state index in [0.717, 1.165) is 27.8 Å². The highest BCUT2D eigenvalue weighted by molar-refractivity contribution is 9.13. The van der Waals surface area contributed by atoms with Crippen molar-refractivity contribution in [2.75, 3.05) is 13.7 Å². The van der Waals surface area contributed by atoms with Gasteiger partial charge in [0.15, 0.2) is 0 Å². The van der Waals surface area contributed by atoms with Crippen LogP contribution in [0.4, 0.5) is 0 Å². The average molecular weight is 371 g/mol. The minimum absolute atomic E-state index is 0.150. The van der Waals surface area contributed by atoms with Gasteiger partial charge in [0.25, 0.3) is 0 Å². The molecule has 0 aliphatic heterocycles. The Hall–Kier alpha value is 0.0900. The van der Waals surface area contributed by atoms with Gasteiger partial charge in [0.05, 0.1) is 10.9 Å². The van der Waals surface area contributed by atoms with Crippen LogP contribution in [0.25, 0.3) is 0 Å². The zero-order valence-corrected chi connectivity index (χ0v) is 12.9. The SMILES string of the molecule is COC(=O)CCCNCc1cc(Br)c(Br)s1. The van der Waals surface area contributed by atoms with Gasteiger partial charge in [-0.1, -0.05) is 0 Å². The van der Waals surface area contributed by atoms with Crippen LogP contribution in [0, 0.1) is 0 Å². The lowest BCUT2D eigenvalue weighted by Crippen LogP contribution is -2.15. The Labute approximate surface area is 116 Å². The molecule has 6 heteroatoms. The number of methoxy groups -OCH3 is 1. The Morgan fingerprint density at radius 2 is 2.31 bits per heavy atom. The van der Waals surface area contributed by atoms with Crippen LogP contribution in [0.3, 0.4) is 0 Å². The number of rotatable bonds is 6. The molecular weight excluding hydrogens is 358 g/mol. The second-order valence-electron chi connectivity index (χ2n) is 3.19. The standard InChI is InChI=1S/C10H13Br2NO2S/c1-15-9(14)3-2-4-13-6-7-5-8(11)10(12)16-7/h5,13H,2-4,6H2,1H3. The van der Waals surface area contributed by atoms with Crippen LogP contribution in [-0.4, -0.2) is 19.6 Å². The molecule has 0 spiro atoms. The van der Waals surface area contributed by atoms with Gasteiger partial charge in [0.2, 0.25) is 0 Å². The zero-order chi connectivity index (χ0) is 12.0. The first-order chi connectivity index (χ1) is 7.63. The Kier molecular flexibility index (Phi) is 6.57. The van der Waals surface area contributed by atoms with E-state index < -0.39 is 0 Å². The number of nitrogens with one attached hydrogen (secondary N) is 1. The van der Waals surface area contributed by atoms with Crippen molar-refractivity contribution in [2.24, 2.45) is 0 Å². The normalized spacial score (nSPS) is 10.4. The average Bonchev–Trinajstić information content (AvgIpc) is 2.57. The zero-order valence-electron chi connectivity index (χ0n) is 8.89. The maximum Gasteiger partial charge on any atom is 0.305 e. The Balaban J connectivity index is 2.14. The van der Waals surface area contributed by atoms with Gasteiger partial charge in [-0.05, 0) is 50.9 Å². The topological polar surface area (TPSA) is 38.3 Å². The van der Waals surface area contributed by atoms with Crippen LogP contribution in [-0.2, 0) is 16.1 Å². The molecule has 0 aliphatic carbocycles. The second kappa shape index (κ2) is 7.42. The fourth-order valence-electron chi connectivity index (χ4n) is 1.15. The molecule has 0 aromatic carbocycles. The van der Waals surface area contributed by atoms with Gasteiger partial charge in [-0.3, -0.25) is 4.79 Å². The summed E-state index contributed by atoms with van der Waals surface area (Å²) in [5.74, 6) is -0.150. The van der Waals surface area contributed by atoms with Gasteiger partial charge in [0, 0.05) is 22.3 Å². The molecule has 0 fully saturated rings. The lowest BCUT2D eigenvalue weighted by molar-refractivity contribution is -0.140. The summed E-state index contributed by atoms with van der Waals surface area (Å²) in [5.41, 5.74) is 0. The number of esters is 1. The predicted octanol–water partition coefficient (Wildman–Crippen LogP) is 3.32. The summed E-state index contributed by atoms with van der Waals surface area (Å²) in [6, 6.07) is 2.09. The summed E-state index contributed by atoms with van der Waals surface area (Å²) in [5, 5.41) is 3.28. The first kappa shape index (κ1) is 14.2. The van der Waals surface area contributed by atoms with Crippen molar-refractivity contribution < 1.29 is 9.53 Å². The quantitative estimate of drug-likeness (QED) is 0.616. The van der Waals surface area contributed by atoms with Crippen LogP contribution in [0.5, 0.6) is 0 Å². The molecule has 1 aromatic rings. The predicted molar refractivity (Wildman–Crippen MR) is 72.7 cm³/mol. The van der Waals surface area contributed by atoms with E-state index >= 15 is 0 Å². The van der Waals surface area contributed by atoms with E-state index in [-0.39, 0.29) is 5.97 Å². The summed E-state index contributed by atoms with van der Waals surface area (Å²) < 4.78 is 6.75. The van der Waals surface area contributed by atoms with E-state index in [9.17, 15) is 4.79 Å². The van der Waals surface area contributed by atoms with Gasteiger partial charge in [-0.2, -0.15) is 0 Å². The Morgan fingerprint density at radius 1 is 1.56 bits per heavy atom. The van der Waals surface area contributed by atoms with Crippen LogP contribution in [0.2, 0.25) is 0 Å². The van der Waals surface area contributed by atoms with Crippen LogP contribution in [0.1, 0.15) is 17.7 Å². The first-order valence-corrected chi connectivity index (χ1v) is 7.25. The van der Waals surface area contributed by atoms with E-state index in [4.69, 9.17) is 0 Å². The molecule has 0 amide bonds. The molecule has 1 aromatic heterocycles. The maximum atomic E-state index is 10.8. The van der Waals surface area contributed by atoms with E-state index in [1.807, 2.05) is 0 Å². The number of carbonyl (C=O) groups excluding carboxylic acids is 1. The van der Waals surface area contributed by atoms with Crippen molar-refractivity contribution >= 4 is 49.2 Å². The molecule has 0 saturated heterocycles. The highest BCUT2D eigenvalue weighted by atomic mass is 79.9. The van der Waals surface area contributed by atoms with Gasteiger partial charge in [-0.25, -0.2) is 0 Å². The minimum Gasteiger partial charge on any atom is -0.469 e. The highest BCUT2D eigenvalue weighted by Gasteiger charge is 2.03. The molecule has 0 bridgehead atoms. The van der Waals surface area contributed by atoms with Crippen LogP contribution < -0.4 is 5.32 Å². The van der Waals surface area contributed by atoms with Gasteiger partial charge >= 0.3 is 5.97 Å². The van der Waals surface area contributed by atoms with Gasteiger partial charge in [-0.15, -0.1) is 11.3 Å². The highest BCUT2D eigenvalue weighted by Crippen LogP contribution is 2.32. The van der Waals surface area contributed by atoms with E-state index in [1.165, 1.54) is 12.0 Å². The third kappa shape index (κ3) is 4.95. The van der Waals surface area contributed by atoms with E-state index in [1.54, 1.807) is 11.3 Å². The summed E-state index contributed by atoms with van der Waals surface area (Å²) in [6.07, 6.45) is 1.28. The van der Waals surface area contributed by atoms with Crippen LogP contribution >= 0.6 is 43.2 Å². The maximum absolute atomic E-state index is 10.8. The number of thiophene rings is 1. The molecule has 1 rings (SSSR count). The lowest BCUT2D eigenvalue weighted by Gasteiger charge is -2.01. The van der Waals surface area contributed by atoms with E-state index in [2.05, 4.69) is 48.0 Å². The molecular formula is C10H13Br2NO2S. The minimum atomic E-state index is -0.150. The fourth-order valence-corrected chi connectivity index (χ4v) is 3.30. The number of hydrogen-bond acceptors (Lipinski definition) is 4.